The van der Waals surface area contributed by atoms with Crippen LogP contribution < -0.4 is 0 Å². The van der Waals surface area contributed by atoms with Crippen LogP contribution in [0.15, 0.2) is 48.6 Å². The summed E-state index contributed by atoms with van der Waals surface area (Å²) in [5.74, 6) is -2.01. The lowest BCUT2D eigenvalue weighted by molar-refractivity contribution is -0.297. The van der Waals surface area contributed by atoms with E-state index in [1.54, 1.807) is 0 Å². The molecule has 0 aromatic carbocycles. The highest BCUT2D eigenvalue weighted by molar-refractivity contribution is 7.85. The topological polar surface area (TPSA) is 186 Å². The van der Waals surface area contributed by atoms with Crippen molar-refractivity contribution in [1.82, 2.24) is 0 Å². The van der Waals surface area contributed by atoms with E-state index in [2.05, 4.69) is 62.5 Å². The molecule has 1 saturated heterocycles. The fraction of sp³-hybridized carbons (Fsp3) is 0.796. The maximum Gasteiger partial charge on any atom is 0.306 e. The summed E-state index contributed by atoms with van der Waals surface area (Å²) in [6.45, 7) is 3.70. The SMILES string of the molecule is CCCCC/C=C\C/C=C\CCCCCCCCCCCC(=O)OC(COC(=O)CCCCCCC/C=C\C/C=C\CCCCC)COC1OC(CS(=O)(=O)O)C(O)C(O)C1O. The predicted molar refractivity (Wildman–Crippen MR) is 247 cm³/mol. The van der Waals surface area contributed by atoms with Crippen molar-refractivity contribution in [3.63, 3.8) is 0 Å². The van der Waals surface area contributed by atoms with Crippen molar-refractivity contribution in [2.75, 3.05) is 19.0 Å². The molecule has 4 N–H and O–H groups in total. The van der Waals surface area contributed by atoms with Crippen LogP contribution in [0.3, 0.4) is 0 Å². The number of aliphatic hydroxyl groups excluding tert-OH is 3. The van der Waals surface area contributed by atoms with Gasteiger partial charge >= 0.3 is 11.9 Å². The van der Waals surface area contributed by atoms with E-state index < -0.39 is 71.2 Å². The molecule has 1 fully saturated rings. The second-order valence-electron chi connectivity index (χ2n) is 16.8. The molecule has 6 unspecified atom stereocenters. The third-order valence-electron chi connectivity index (χ3n) is 10.9. The van der Waals surface area contributed by atoms with Gasteiger partial charge in [0.2, 0.25) is 0 Å². The molecule has 13 heteroatoms. The minimum absolute atomic E-state index is 0.155. The average molecular weight is 899 g/mol. The van der Waals surface area contributed by atoms with Gasteiger partial charge in [-0.15, -0.1) is 0 Å². The summed E-state index contributed by atoms with van der Waals surface area (Å²) >= 11 is 0. The predicted octanol–water partition coefficient (Wildman–Crippen LogP) is 10.3. The number of hydrogen-bond donors (Lipinski definition) is 4. The Bertz CT molecular complexity index is 1330. The Morgan fingerprint density at radius 1 is 0.548 bits per heavy atom. The van der Waals surface area contributed by atoms with Gasteiger partial charge in [-0.3, -0.25) is 14.1 Å². The molecule has 0 spiro atoms. The van der Waals surface area contributed by atoms with Gasteiger partial charge in [0.1, 0.15) is 36.8 Å². The number of allylic oxidation sites excluding steroid dienone is 8. The van der Waals surface area contributed by atoms with Gasteiger partial charge in [-0.1, -0.05) is 152 Å². The molecule has 12 nitrogen and oxygen atoms in total. The monoisotopic (exact) mass is 899 g/mol. The van der Waals surface area contributed by atoms with E-state index in [0.717, 1.165) is 83.5 Å². The zero-order valence-electron chi connectivity index (χ0n) is 38.5. The highest BCUT2D eigenvalue weighted by Gasteiger charge is 2.46. The average Bonchev–Trinajstić information content (AvgIpc) is 3.24. The number of hydrogen-bond acceptors (Lipinski definition) is 11. The lowest BCUT2D eigenvalue weighted by Crippen LogP contribution is -2.60. The van der Waals surface area contributed by atoms with Crippen molar-refractivity contribution in [1.29, 1.82) is 0 Å². The number of aliphatic hydroxyl groups is 3. The molecule has 1 rings (SSSR count). The summed E-state index contributed by atoms with van der Waals surface area (Å²) in [4.78, 5) is 25.5. The maximum atomic E-state index is 12.8. The Kier molecular flexibility index (Phi) is 36.3. The van der Waals surface area contributed by atoms with Gasteiger partial charge in [-0.25, -0.2) is 0 Å². The Morgan fingerprint density at radius 2 is 0.968 bits per heavy atom. The lowest BCUT2D eigenvalue weighted by Gasteiger charge is -2.40. The summed E-state index contributed by atoms with van der Waals surface area (Å²) in [7, 11) is -4.61. The van der Waals surface area contributed by atoms with Crippen molar-refractivity contribution in [3.05, 3.63) is 48.6 Å². The zero-order chi connectivity index (χ0) is 45.5. The third-order valence-corrected chi connectivity index (χ3v) is 11.6. The summed E-state index contributed by atoms with van der Waals surface area (Å²) in [6.07, 6.45) is 37.1. The number of carbonyl (C=O) groups excluding carboxylic acids is 2. The van der Waals surface area contributed by atoms with Crippen molar-refractivity contribution >= 4 is 22.1 Å². The highest BCUT2D eigenvalue weighted by atomic mass is 32.2. The Labute approximate surface area is 375 Å². The van der Waals surface area contributed by atoms with Gasteiger partial charge in [-0.05, 0) is 77.0 Å². The molecule has 0 amide bonds. The van der Waals surface area contributed by atoms with E-state index >= 15 is 0 Å². The fourth-order valence-corrected chi connectivity index (χ4v) is 7.78. The molecule has 0 aromatic heterocycles. The van der Waals surface area contributed by atoms with Crippen LogP contribution in [0, 0.1) is 0 Å². The molecule has 62 heavy (non-hydrogen) atoms. The number of esters is 2. The van der Waals surface area contributed by atoms with Gasteiger partial charge in [0.15, 0.2) is 12.4 Å². The van der Waals surface area contributed by atoms with Crippen molar-refractivity contribution < 1.29 is 56.8 Å². The Balaban J connectivity index is 2.42. The Hall–Kier alpha value is -2.39. The summed E-state index contributed by atoms with van der Waals surface area (Å²) in [5, 5.41) is 30.9. The first-order valence-electron chi connectivity index (χ1n) is 24.2. The minimum atomic E-state index is -4.61. The highest BCUT2D eigenvalue weighted by Crippen LogP contribution is 2.24. The second kappa shape index (κ2) is 39.0. The van der Waals surface area contributed by atoms with Crippen LogP contribution >= 0.6 is 0 Å². The van der Waals surface area contributed by atoms with Crippen LogP contribution in [0.4, 0.5) is 0 Å². The van der Waals surface area contributed by atoms with Gasteiger partial charge in [0.25, 0.3) is 10.1 Å². The minimum Gasteiger partial charge on any atom is -0.462 e. The summed E-state index contributed by atoms with van der Waals surface area (Å²) < 4.78 is 54.1. The Morgan fingerprint density at radius 3 is 1.42 bits per heavy atom. The van der Waals surface area contributed by atoms with Crippen molar-refractivity contribution in [3.8, 4) is 0 Å². The molecule has 1 aliphatic heterocycles. The molecule has 0 aromatic rings. The first-order valence-corrected chi connectivity index (χ1v) is 25.8. The lowest BCUT2D eigenvalue weighted by atomic mass is 10.00. The third kappa shape index (κ3) is 33.2. The molecule has 1 aliphatic rings. The smallest absolute Gasteiger partial charge is 0.306 e. The van der Waals surface area contributed by atoms with Crippen LogP contribution in [0.25, 0.3) is 0 Å². The first kappa shape index (κ1) is 57.6. The van der Waals surface area contributed by atoms with Crippen molar-refractivity contribution in [2.24, 2.45) is 0 Å². The number of ether oxygens (including phenoxy) is 4. The normalized spacial score (nSPS) is 20.3. The van der Waals surface area contributed by atoms with Crippen LogP contribution in [-0.4, -0.2) is 96.0 Å². The van der Waals surface area contributed by atoms with E-state index in [1.807, 2.05) is 0 Å². The first-order chi connectivity index (χ1) is 30.0. The second-order valence-corrected chi connectivity index (χ2v) is 18.3. The van der Waals surface area contributed by atoms with E-state index in [1.165, 1.54) is 70.6 Å². The van der Waals surface area contributed by atoms with Gasteiger partial charge in [0.05, 0.1) is 6.61 Å². The molecule has 0 aliphatic carbocycles. The maximum absolute atomic E-state index is 12.8. The molecule has 1 heterocycles. The van der Waals surface area contributed by atoms with Gasteiger partial charge in [0, 0.05) is 12.8 Å². The van der Waals surface area contributed by atoms with E-state index in [0.29, 0.717) is 12.8 Å². The summed E-state index contributed by atoms with van der Waals surface area (Å²) in [5.41, 5.74) is 0. The number of unbranched alkanes of at least 4 members (excludes halogenated alkanes) is 20. The van der Waals surface area contributed by atoms with E-state index in [4.69, 9.17) is 18.9 Å². The van der Waals surface area contributed by atoms with Crippen LogP contribution in [0.5, 0.6) is 0 Å². The fourth-order valence-electron chi connectivity index (χ4n) is 7.09. The largest absolute Gasteiger partial charge is 0.462 e. The van der Waals surface area contributed by atoms with E-state index in [9.17, 15) is 37.9 Å². The quantitative estimate of drug-likeness (QED) is 0.0198. The summed E-state index contributed by atoms with van der Waals surface area (Å²) in [6, 6.07) is 0. The van der Waals surface area contributed by atoms with Gasteiger partial charge < -0.3 is 34.3 Å². The molecular weight excluding hydrogens is 813 g/mol. The van der Waals surface area contributed by atoms with Crippen molar-refractivity contribution in [2.45, 2.75) is 230 Å². The van der Waals surface area contributed by atoms with Crippen LogP contribution in [0.1, 0.15) is 194 Å². The number of rotatable bonds is 40. The number of carbonyl (C=O) groups is 2. The zero-order valence-corrected chi connectivity index (χ0v) is 39.3. The molecule has 0 bridgehead atoms. The molecular formula is C49H86O12S. The van der Waals surface area contributed by atoms with Crippen LogP contribution in [-0.2, 0) is 38.7 Å². The van der Waals surface area contributed by atoms with E-state index in [-0.39, 0.29) is 19.4 Å². The standard InChI is InChI=1S/C49H86O12S/c1-3-5-7-9-11-13-15-17-19-20-21-22-24-26-28-30-32-34-36-38-45(51)60-42(40-59-49-48(54)47(53)46(52)43(61-49)41-62(55,56)57)39-58-44(50)37-35-33-31-29-27-25-23-18-16-14-12-10-8-6-4-2/h11-14,17-19,23,42-43,46-49,52-54H,3-10,15-16,20-22,24-41H2,1-2H3,(H,55,56,57)/b13-11-,14-12-,19-17-,23-18-. The van der Waals surface area contributed by atoms with Gasteiger partial charge in [-0.2, -0.15) is 8.42 Å². The molecule has 6 atom stereocenters. The van der Waals surface area contributed by atoms with Crippen LogP contribution in [0.2, 0.25) is 0 Å². The molecule has 0 saturated carbocycles. The molecule has 360 valence electrons. The molecule has 0 radical (unpaired) electrons.